The first-order chi connectivity index (χ1) is 9.08. The van der Waals surface area contributed by atoms with Crippen LogP contribution in [0.2, 0.25) is 0 Å². The third-order valence-corrected chi connectivity index (χ3v) is 4.10. The summed E-state index contributed by atoms with van der Waals surface area (Å²) in [5, 5.41) is 3.42. The summed E-state index contributed by atoms with van der Waals surface area (Å²) in [6, 6.07) is 4.29. The van der Waals surface area contributed by atoms with Gasteiger partial charge in [0.2, 0.25) is 0 Å². The summed E-state index contributed by atoms with van der Waals surface area (Å²) in [4.78, 5) is 0. The molecule has 0 aliphatic heterocycles. The van der Waals surface area contributed by atoms with E-state index in [0.717, 1.165) is 18.7 Å². The van der Waals surface area contributed by atoms with Gasteiger partial charge in [-0.15, -0.1) is 0 Å². The van der Waals surface area contributed by atoms with E-state index in [9.17, 15) is 0 Å². The third kappa shape index (κ3) is 5.51. The molecule has 0 saturated heterocycles. The highest BCUT2D eigenvalue weighted by Gasteiger charge is 2.07. The highest BCUT2D eigenvalue weighted by atomic mass is 79.9. The predicted octanol–water partition coefficient (Wildman–Crippen LogP) is 4.27. The third-order valence-electron chi connectivity index (χ3n) is 2.85. The van der Waals surface area contributed by atoms with Crippen LogP contribution < -0.4 is 5.32 Å². The fourth-order valence-electron chi connectivity index (χ4n) is 1.97. The number of ether oxygens (including phenoxy) is 2. The number of aryl methyl sites for hydroxylation is 2. The molecule has 0 fully saturated rings. The number of hydrogen-bond acceptors (Lipinski definition) is 3. The summed E-state index contributed by atoms with van der Waals surface area (Å²) < 4.78 is 12.2. The quantitative estimate of drug-likeness (QED) is 0.722. The molecule has 108 valence electrons. The number of nitrogens with one attached hydrogen (secondary N) is 1. The predicted molar refractivity (Wildman–Crippen MR) is 83.8 cm³/mol. The van der Waals surface area contributed by atoms with Crippen molar-refractivity contribution in [1.29, 1.82) is 0 Å². The molecule has 0 radical (unpaired) electrons. The van der Waals surface area contributed by atoms with Crippen LogP contribution in [0.5, 0.6) is 0 Å². The zero-order valence-electron chi connectivity index (χ0n) is 12.3. The Balaban J connectivity index is 2.48. The van der Waals surface area contributed by atoms with Crippen molar-refractivity contribution in [3.63, 3.8) is 0 Å². The van der Waals surface area contributed by atoms with Gasteiger partial charge in [0.05, 0.1) is 0 Å². The number of benzene rings is 1. The van der Waals surface area contributed by atoms with Crippen LogP contribution in [0.4, 0.5) is 5.69 Å². The minimum absolute atomic E-state index is 0.111. The van der Waals surface area contributed by atoms with Crippen molar-refractivity contribution in [3.8, 4) is 0 Å². The van der Waals surface area contributed by atoms with Gasteiger partial charge in [0.1, 0.15) is 0 Å². The Kier molecular flexibility index (Phi) is 7.42. The normalized spacial score (nSPS) is 11.1. The first-order valence-electron chi connectivity index (χ1n) is 6.82. The van der Waals surface area contributed by atoms with E-state index in [4.69, 9.17) is 9.47 Å². The van der Waals surface area contributed by atoms with Crippen LogP contribution in [-0.2, 0) is 9.47 Å². The molecule has 0 aliphatic carbocycles. The lowest BCUT2D eigenvalue weighted by atomic mass is 10.1. The molecule has 0 heterocycles. The minimum Gasteiger partial charge on any atom is -0.385 e. The highest BCUT2D eigenvalue weighted by molar-refractivity contribution is 9.10. The molecule has 0 saturated carbocycles. The molecular formula is C15H24BrNO2. The van der Waals surface area contributed by atoms with Crippen molar-refractivity contribution in [2.45, 2.75) is 40.4 Å². The van der Waals surface area contributed by atoms with Crippen molar-refractivity contribution in [1.82, 2.24) is 0 Å². The Hall–Kier alpha value is -0.580. The zero-order valence-corrected chi connectivity index (χ0v) is 13.8. The van der Waals surface area contributed by atoms with Crippen LogP contribution in [0.15, 0.2) is 16.6 Å². The van der Waals surface area contributed by atoms with Crippen LogP contribution in [0, 0.1) is 13.8 Å². The van der Waals surface area contributed by atoms with Crippen molar-refractivity contribution in [3.05, 3.63) is 27.7 Å². The summed E-state index contributed by atoms with van der Waals surface area (Å²) >= 11 is 3.58. The van der Waals surface area contributed by atoms with E-state index in [0.29, 0.717) is 13.2 Å². The molecular weight excluding hydrogens is 306 g/mol. The van der Waals surface area contributed by atoms with Gasteiger partial charge in [-0.25, -0.2) is 0 Å². The van der Waals surface area contributed by atoms with Gasteiger partial charge in [-0.1, -0.05) is 15.9 Å². The van der Waals surface area contributed by atoms with E-state index in [1.54, 1.807) is 0 Å². The highest BCUT2D eigenvalue weighted by Crippen LogP contribution is 2.25. The topological polar surface area (TPSA) is 30.5 Å². The molecule has 1 aromatic carbocycles. The van der Waals surface area contributed by atoms with Crippen molar-refractivity contribution < 1.29 is 9.47 Å². The maximum atomic E-state index is 5.52. The van der Waals surface area contributed by atoms with Gasteiger partial charge >= 0.3 is 0 Å². The van der Waals surface area contributed by atoms with E-state index in [2.05, 4.69) is 47.2 Å². The van der Waals surface area contributed by atoms with E-state index in [1.807, 2.05) is 13.8 Å². The SMILES string of the molecule is CCOC(CCNc1cc(C)c(Br)c(C)c1)OCC. The molecule has 0 bridgehead atoms. The fraction of sp³-hybridized carbons (Fsp3) is 0.600. The van der Waals surface area contributed by atoms with Crippen molar-refractivity contribution >= 4 is 21.6 Å². The molecule has 3 nitrogen and oxygen atoms in total. The number of halogens is 1. The Bertz CT molecular complexity index is 367. The van der Waals surface area contributed by atoms with Gasteiger partial charge < -0.3 is 14.8 Å². The van der Waals surface area contributed by atoms with E-state index in [-0.39, 0.29) is 6.29 Å². The lowest BCUT2D eigenvalue weighted by molar-refractivity contribution is -0.137. The van der Waals surface area contributed by atoms with Gasteiger partial charge in [-0.05, 0) is 51.0 Å². The van der Waals surface area contributed by atoms with Gasteiger partial charge in [-0.2, -0.15) is 0 Å². The van der Waals surface area contributed by atoms with E-state index >= 15 is 0 Å². The molecule has 0 spiro atoms. The summed E-state index contributed by atoms with van der Waals surface area (Å²) in [7, 11) is 0. The molecule has 19 heavy (non-hydrogen) atoms. The second-order valence-electron chi connectivity index (χ2n) is 4.48. The molecule has 0 aromatic heterocycles. The Morgan fingerprint density at radius 1 is 1.11 bits per heavy atom. The molecule has 1 rings (SSSR count). The first kappa shape index (κ1) is 16.5. The Labute approximate surface area is 124 Å². The largest absolute Gasteiger partial charge is 0.385 e. The summed E-state index contributed by atoms with van der Waals surface area (Å²) in [6.07, 6.45) is 0.732. The summed E-state index contributed by atoms with van der Waals surface area (Å²) in [5.74, 6) is 0. The monoisotopic (exact) mass is 329 g/mol. The lowest BCUT2D eigenvalue weighted by Crippen LogP contribution is -2.21. The zero-order chi connectivity index (χ0) is 14.3. The smallest absolute Gasteiger partial charge is 0.159 e. The maximum Gasteiger partial charge on any atom is 0.159 e. The van der Waals surface area contributed by atoms with Crippen LogP contribution in [0.25, 0.3) is 0 Å². The standard InChI is InChI=1S/C15H24BrNO2/c1-5-18-14(19-6-2)7-8-17-13-9-11(3)15(16)12(4)10-13/h9-10,14,17H,5-8H2,1-4H3. The molecule has 0 amide bonds. The second-order valence-corrected chi connectivity index (χ2v) is 5.27. The van der Waals surface area contributed by atoms with Crippen LogP contribution >= 0.6 is 15.9 Å². The van der Waals surface area contributed by atoms with E-state index in [1.165, 1.54) is 15.6 Å². The number of hydrogen-bond donors (Lipinski definition) is 1. The van der Waals surface area contributed by atoms with Gasteiger partial charge in [0.25, 0.3) is 0 Å². The van der Waals surface area contributed by atoms with Gasteiger partial charge in [0.15, 0.2) is 6.29 Å². The summed E-state index contributed by atoms with van der Waals surface area (Å²) in [6.45, 7) is 10.4. The van der Waals surface area contributed by atoms with E-state index < -0.39 is 0 Å². The summed E-state index contributed by atoms with van der Waals surface area (Å²) in [5.41, 5.74) is 3.63. The number of rotatable bonds is 8. The van der Waals surface area contributed by atoms with Gasteiger partial charge in [-0.3, -0.25) is 0 Å². The fourth-order valence-corrected chi connectivity index (χ4v) is 2.20. The molecule has 1 aromatic rings. The number of anilines is 1. The van der Waals surface area contributed by atoms with Crippen molar-refractivity contribution in [2.24, 2.45) is 0 Å². The Morgan fingerprint density at radius 3 is 2.11 bits per heavy atom. The average Bonchev–Trinajstić information content (AvgIpc) is 2.36. The molecule has 0 aliphatic rings. The lowest BCUT2D eigenvalue weighted by Gasteiger charge is -2.17. The van der Waals surface area contributed by atoms with Crippen LogP contribution in [0.1, 0.15) is 31.4 Å². The van der Waals surface area contributed by atoms with Gasteiger partial charge in [0, 0.05) is 36.3 Å². The molecule has 0 atom stereocenters. The van der Waals surface area contributed by atoms with Crippen LogP contribution in [0.3, 0.4) is 0 Å². The molecule has 0 unspecified atom stereocenters. The molecule has 1 N–H and O–H groups in total. The molecule has 4 heteroatoms. The minimum atomic E-state index is -0.111. The van der Waals surface area contributed by atoms with Crippen LogP contribution in [-0.4, -0.2) is 26.0 Å². The second kappa shape index (κ2) is 8.56. The average molecular weight is 330 g/mol. The first-order valence-corrected chi connectivity index (χ1v) is 7.61. The maximum absolute atomic E-state index is 5.52. The van der Waals surface area contributed by atoms with Crippen molar-refractivity contribution in [2.75, 3.05) is 25.1 Å². The Morgan fingerprint density at radius 2 is 1.63 bits per heavy atom.